The smallest absolute Gasteiger partial charge is 0.336 e. The van der Waals surface area contributed by atoms with Gasteiger partial charge in [-0.05, 0) is 75.0 Å². The number of nitrogens with zero attached hydrogens (tertiary/aromatic N) is 3. The van der Waals surface area contributed by atoms with Crippen molar-refractivity contribution in [3.05, 3.63) is 123 Å². The minimum absolute atomic E-state index is 0.0115. The Hall–Kier alpha value is -5.84. The lowest BCUT2D eigenvalue weighted by Crippen LogP contribution is -2.34. The highest BCUT2D eigenvalue weighted by Gasteiger charge is 2.30. The van der Waals surface area contributed by atoms with E-state index in [4.69, 9.17) is 8.92 Å². The maximum Gasteiger partial charge on any atom is 0.336 e. The van der Waals surface area contributed by atoms with Gasteiger partial charge in [0.2, 0.25) is 5.91 Å². The topological polar surface area (TPSA) is 198 Å². The summed E-state index contributed by atoms with van der Waals surface area (Å²) in [4.78, 5) is 52.3. The van der Waals surface area contributed by atoms with Crippen LogP contribution in [-0.4, -0.2) is 95.1 Å². The van der Waals surface area contributed by atoms with Crippen molar-refractivity contribution >= 4 is 44.8 Å². The summed E-state index contributed by atoms with van der Waals surface area (Å²) in [5.41, 5.74) is 3.53. The van der Waals surface area contributed by atoms with Gasteiger partial charge < -0.3 is 25.4 Å². The van der Waals surface area contributed by atoms with Crippen LogP contribution in [0.25, 0.3) is 5.57 Å². The number of rotatable bonds is 21. The predicted octanol–water partition coefficient (Wildman–Crippen LogP) is 6.31. The van der Waals surface area contributed by atoms with Crippen LogP contribution in [0.3, 0.4) is 0 Å². The number of non-ortho nitro benzene ring substituents is 1. The van der Waals surface area contributed by atoms with E-state index in [1.54, 1.807) is 12.1 Å². The third-order valence-corrected chi connectivity index (χ3v) is 11.3. The molecule has 59 heavy (non-hydrogen) atoms. The number of allylic oxidation sites excluding steroid dienone is 1. The van der Waals surface area contributed by atoms with Gasteiger partial charge in [-0.1, -0.05) is 50.3 Å². The summed E-state index contributed by atoms with van der Waals surface area (Å²) in [5.74, 6) is -0.536. The zero-order chi connectivity index (χ0) is 42.7. The number of nitrogens with one attached hydrogen (secondary N) is 2. The highest BCUT2D eigenvalue weighted by molar-refractivity contribution is 7.86. The van der Waals surface area contributed by atoms with Crippen LogP contribution in [0.15, 0.2) is 95.1 Å². The van der Waals surface area contributed by atoms with E-state index in [1.165, 1.54) is 6.07 Å². The van der Waals surface area contributed by atoms with Gasteiger partial charge in [-0.15, -0.1) is 0 Å². The van der Waals surface area contributed by atoms with E-state index in [9.17, 15) is 38.0 Å². The molecule has 3 aromatic rings. The molecule has 15 nitrogen and oxygen atoms in total. The number of nitro benzene ring substituents is 1. The average molecular weight is 830 g/mol. The van der Waals surface area contributed by atoms with Crippen LogP contribution < -0.4 is 20.3 Å². The number of carbonyl (C=O) groups is 3. The van der Waals surface area contributed by atoms with Crippen LogP contribution in [0, 0.1) is 10.1 Å². The Morgan fingerprint density at radius 2 is 1.53 bits per heavy atom. The summed E-state index contributed by atoms with van der Waals surface area (Å²) in [6.07, 6.45) is 11.9. The molecule has 0 spiro atoms. The van der Waals surface area contributed by atoms with Crippen molar-refractivity contribution in [3.8, 4) is 5.75 Å². The predicted molar refractivity (Wildman–Crippen MR) is 224 cm³/mol. The number of unbranched alkanes of at least 4 members (excludes halogenated alkanes) is 6. The second-order valence-electron chi connectivity index (χ2n) is 14.7. The molecule has 2 aliphatic rings. The fourth-order valence-corrected chi connectivity index (χ4v) is 7.66. The molecule has 1 atom stereocenters. The Morgan fingerprint density at radius 1 is 0.864 bits per heavy atom. The molecule has 2 amide bonds. The lowest BCUT2D eigenvalue weighted by Gasteiger charge is -2.31. The molecule has 0 bridgehead atoms. The van der Waals surface area contributed by atoms with Crippen LogP contribution in [0.1, 0.15) is 83.2 Å². The third-order valence-electron chi connectivity index (χ3n) is 10.0. The van der Waals surface area contributed by atoms with E-state index < -0.39 is 26.9 Å². The lowest BCUT2D eigenvalue weighted by atomic mass is 9.84. The number of carboxylic acid groups (broad SMARTS) is 1. The van der Waals surface area contributed by atoms with Crippen molar-refractivity contribution in [2.75, 3.05) is 52.8 Å². The molecule has 1 aliphatic heterocycles. The van der Waals surface area contributed by atoms with Crippen molar-refractivity contribution < 1.29 is 41.8 Å². The summed E-state index contributed by atoms with van der Waals surface area (Å²) >= 11 is 0. The third kappa shape index (κ3) is 11.6. The van der Waals surface area contributed by atoms with E-state index in [2.05, 4.69) is 10.6 Å². The Morgan fingerprint density at radius 3 is 2.19 bits per heavy atom. The van der Waals surface area contributed by atoms with Gasteiger partial charge in [-0.3, -0.25) is 28.8 Å². The number of carboxylic acids is 1. The first-order valence-electron chi connectivity index (χ1n) is 19.5. The first-order valence-corrected chi connectivity index (χ1v) is 20.9. The van der Waals surface area contributed by atoms with E-state index in [0.717, 1.165) is 73.2 Å². The number of carbonyl (C=O) groups excluding carboxylic acids is 2. The van der Waals surface area contributed by atoms with Crippen LogP contribution in [-0.2, 0) is 19.1 Å². The fourth-order valence-electron chi connectivity index (χ4n) is 6.72. The number of amides is 2. The first-order chi connectivity index (χ1) is 28.2. The van der Waals surface area contributed by atoms with E-state index in [1.807, 2.05) is 74.4 Å². The van der Waals surface area contributed by atoms with Crippen molar-refractivity contribution in [3.63, 3.8) is 0 Å². The van der Waals surface area contributed by atoms with Crippen molar-refractivity contribution in [2.24, 2.45) is 0 Å². The summed E-state index contributed by atoms with van der Waals surface area (Å²) in [5, 5.41) is 26.7. The molecule has 0 fully saturated rings. The second kappa shape index (κ2) is 20.2. The number of anilines is 1. The van der Waals surface area contributed by atoms with Gasteiger partial charge in [0, 0.05) is 85.8 Å². The Kier molecular flexibility index (Phi) is 15.2. The minimum atomic E-state index is -3.98. The van der Waals surface area contributed by atoms with Crippen LogP contribution in [0.4, 0.5) is 11.4 Å². The second-order valence-corrected chi connectivity index (χ2v) is 16.3. The molecule has 3 aromatic carbocycles. The molecule has 0 saturated carbocycles. The molecular formula is C43H51N5O10S. The number of hydrogen-bond acceptors (Lipinski definition) is 11. The van der Waals surface area contributed by atoms with Crippen molar-refractivity contribution in [2.45, 2.75) is 62.3 Å². The molecular weight excluding hydrogens is 779 g/mol. The molecule has 5 rings (SSSR count). The molecule has 314 valence electrons. The molecule has 1 unspecified atom stereocenters. The number of hydrogen-bond donors (Lipinski definition) is 3. The summed E-state index contributed by atoms with van der Waals surface area (Å²) < 4.78 is 36.0. The quantitative estimate of drug-likeness (QED) is 0.0469. The zero-order valence-corrected chi connectivity index (χ0v) is 34.5. The van der Waals surface area contributed by atoms with E-state index >= 15 is 0 Å². The molecule has 0 aromatic heterocycles. The normalized spacial score (nSPS) is 14.5. The summed E-state index contributed by atoms with van der Waals surface area (Å²) in [6, 6.07) is 15.0. The standard InChI is InChI=1S/C43H51N5O10S/c1-46(2)31-16-21-35-38(27-31)58-39-28-32(47(3)4)17-22-36(39)41(35)34-20-13-29(26-37(34)43(51)52)42(50)45-24-23-44-40(49)12-10-8-6-5-7-9-11-25-57-59(55,56)33-18-14-30(15-19-33)48(53)54/h13-22,26-28,31H,5-12,23-25H2,1-4H3,(H,44,49)(H,45,50)(H,51,52). The van der Waals surface area contributed by atoms with Gasteiger partial charge >= 0.3 is 5.97 Å². The van der Waals surface area contributed by atoms with Crippen molar-refractivity contribution in [1.29, 1.82) is 0 Å². The molecule has 0 radical (unpaired) electrons. The van der Waals surface area contributed by atoms with Gasteiger partial charge in [-0.25, -0.2) is 4.79 Å². The molecule has 0 saturated heterocycles. The van der Waals surface area contributed by atoms with Crippen LogP contribution in [0.2, 0.25) is 0 Å². The maximum absolute atomic E-state index is 13.1. The van der Waals surface area contributed by atoms with Crippen molar-refractivity contribution in [1.82, 2.24) is 15.5 Å². The highest BCUT2D eigenvalue weighted by Crippen LogP contribution is 2.45. The number of aromatic carboxylic acids is 1. The number of likely N-dealkylation sites (N-methyl/N-ethyl adjacent to an activating group) is 1. The monoisotopic (exact) mass is 829 g/mol. The zero-order valence-electron chi connectivity index (χ0n) is 33.7. The number of benzene rings is 3. The lowest BCUT2D eigenvalue weighted by molar-refractivity contribution is -0.384. The van der Waals surface area contributed by atoms with Gasteiger partial charge in [-0.2, -0.15) is 8.42 Å². The Labute approximate surface area is 344 Å². The van der Waals surface area contributed by atoms with Gasteiger partial charge in [0.25, 0.3) is 21.7 Å². The number of nitro groups is 1. The SMILES string of the molecule is CN(C)c1ccc2c(c1)OC1=CC(N(C)C)C=CC1=C2c1ccc(C(=O)NCCNC(=O)CCCCCCCCCOS(=O)(=O)c2ccc([N+](=O)[O-])cc2)cc1C(=O)O. The highest BCUT2D eigenvalue weighted by atomic mass is 32.2. The average Bonchev–Trinajstić information content (AvgIpc) is 3.21. The van der Waals surface area contributed by atoms with Crippen LogP contribution in [0.5, 0.6) is 5.75 Å². The molecule has 1 heterocycles. The molecule has 16 heteroatoms. The molecule has 1 aliphatic carbocycles. The Balaban J connectivity index is 1.04. The number of fused-ring (bicyclic) bond motifs is 2. The fraction of sp³-hybridized carbons (Fsp3) is 0.372. The van der Waals surface area contributed by atoms with Gasteiger partial charge in [0.1, 0.15) is 11.5 Å². The van der Waals surface area contributed by atoms with Gasteiger partial charge in [0.15, 0.2) is 0 Å². The maximum atomic E-state index is 13.1. The first kappa shape index (κ1) is 44.3. The number of ether oxygens (including phenoxy) is 1. The van der Waals surface area contributed by atoms with E-state index in [-0.39, 0.29) is 53.4 Å². The summed E-state index contributed by atoms with van der Waals surface area (Å²) in [7, 11) is 3.82. The minimum Gasteiger partial charge on any atom is -0.478 e. The summed E-state index contributed by atoms with van der Waals surface area (Å²) in [6.45, 7) is 0.398. The van der Waals surface area contributed by atoms with E-state index in [0.29, 0.717) is 41.9 Å². The molecule has 3 N–H and O–H groups in total. The van der Waals surface area contributed by atoms with Gasteiger partial charge in [0.05, 0.1) is 22.0 Å². The largest absolute Gasteiger partial charge is 0.478 e. The van der Waals surface area contributed by atoms with Crippen LogP contribution >= 0.6 is 0 Å². The Bertz CT molecular complexity index is 2250.